The van der Waals surface area contributed by atoms with Gasteiger partial charge in [0.15, 0.2) is 0 Å². The molecule has 0 N–H and O–H groups in total. The lowest BCUT2D eigenvalue weighted by atomic mass is 9.62. The highest BCUT2D eigenvalue weighted by atomic mass is 16.5. The van der Waals surface area contributed by atoms with Crippen molar-refractivity contribution in [2.75, 3.05) is 7.11 Å². The van der Waals surface area contributed by atoms with Crippen LogP contribution in [0.1, 0.15) is 0 Å². The van der Waals surface area contributed by atoms with Gasteiger partial charge in [0.25, 0.3) is 0 Å². The fraction of sp³-hybridized carbons (Fsp3) is 0.583. The monoisotopic (exact) mass is 254 g/mol. The Kier molecular flexibility index (Phi) is 5.03. The van der Waals surface area contributed by atoms with Crippen LogP contribution in [0.3, 0.4) is 0 Å². The van der Waals surface area contributed by atoms with Crippen molar-refractivity contribution in [2.24, 2.45) is 29.6 Å². The van der Waals surface area contributed by atoms with Gasteiger partial charge < -0.3 is 28.7 Å². The first-order chi connectivity index (χ1) is 8.69. The first-order valence-electron chi connectivity index (χ1n) is 5.49. The molecular formula is C12H14O6. The average molecular weight is 254 g/mol. The molecular weight excluding hydrogens is 240 g/mol. The highest BCUT2D eigenvalue weighted by Crippen LogP contribution is 2.39. The van der Waals surface area contributed by atoms with Gasteiger partial charge in [-0.05, 0) is 0 Å². The zero-order valence-corrected chi connectivity index (χ0v) is 9.80. The Morgan fingerprint density at radius 3 is 1.11 bits per heavy atom. The Hall–Kier alpha value is -1.69. The molecule has 0 radical (unpaired) electrons. The summed E-state index contributed by atoms with van der Waals surface area (Å²) in [7, 11) is 1.29. The summed E-state index contributed by atoms with van der Waals surface area (Å²) in [5, 5.41) is 0. The normalized spacial score (nSPS) is 39.6. The van der Waals surface area contributed by atoms with E-state index in [0.29, 0.717) is 31.4 Å². The molecule has 18 heavy (non-hydrogen) atoms. The third-order valence-electron chi connectivity index (χ3n) is 3.59. The van der Waals surface area contributed by atoms with E-state index < -0.39 is 35.7 Å². The summed E-state index contributed by atoms with van der Waals surface area (Å²) in [6.07, 6.45) is 1.55. The van der Waals surface area contributed by atoms with Gasteiger partial charge in [0.2, 0.25) is 0 Å². The number of carbonyl (C=O) groups excluding carboxylic acids is 5. The van der Waals surface area contributed by atoms with Crippen molar-refractivity contribution in [1.82, 2.24) is 0 Å². The summed E-state index contributed by atoms with van der Waals surface area (Å²) in [6.45, 7) is 0. The Morgan fingerprint density at radius 1 is 0.611 bits per heavy atom. The van der Waals surface area contributed by atoms with Gasteiger partial charge in [-0.1, -0.05) is 0 Å². The van der Waals surface area contributed by atoms with Gasteiger partial charge in [0, 0.05) is 24.9 Å². The lowest BCUT2D eigenvalue weighted by Gasteiger charge is -2.42. The number of rotatable bonds is 6. The van der Waals surface area contributed by atoms with Gasteiger partial charge >= 0.3 is 0 Å². The molecule has 0 unspecified atom stereocenters. The van der Waals surface area contributed by atoms with E-state index in [0.717, 1.165) is 0 Å². The molecule has 1 aliphatic carbocycles. The lowest BCUT2D eigenvalue weighted by Crippen LogP contribution is -2.53. The minimum atomic E-state index is -0.961. The predicted molar refractivity (Wildman–Crippen MR) is 58.6 cm³/mol. The summed E-state index contributed by atoms with van der Waals surface area (Å²) in [6, 6.07) is 0. The van der Waals surface area contributed by atoms with E-state index in [1.807, 2.05) is 0 Å². The molecule has 1 rings (SSSR count). The smallest absolute Gasteiger partial charge is 0.126 e. The molecule has 0 aromatic rings. The van der Waals surface area contributed by atoms with Crippen molar-refractivity contribution in [1.29, 1.82) is 0 Å². The van der Waals surface area contributed by atoms with Crippen LogP contribution in [-0.4, -0.2) is 44.6 Å². The largest absolute Gasteiger partial charge is 0.380 e. The molecule has 6 nitrogen and oxygen atoms in total. The van der Waals surface area contributed by atoms with Gasteiger partial charge in [-0.25, -0.2) is 0 Å². The Morgan fingerprint density at radius 2 is 0.889 bits per heavy atom. The standard InChI is InChI=1S/C12H14O6/c1-18-12-10(5-16)8(3-14)7(2-13)9(4-15)11(12)6-17/h2-12H,1H3/t7?,8-,9-,10+,11+,12?/m0/s1. The molecule has 0 heterocycles. The second-order valence-electron chi connectivity index (χ2n) is 4.27. The predicted octanol–water partition coefficient (Wildman–Crippen LogP) is -0.909. The average Bonchev–Trinajstić information content (AvgIpc) is 2.43. The van der Waals surface area contributed by atoms with Crippen LogP contribution in [0.5, 0.6) is 0 Å². The topological polar surface area (TPSA) is 94.6 Å². The molecule has 0 saturated heterocycles. The molecule has 6 heteroatoms. The zero-order valence-electron chi connectivity index (χ0n) is 9.80. The highest BCUT2D eigenvalue weighted by molar-refractivity contribution is 5.79. The quantitative estimate of drug-likeness (QED) is 0.569. The molecule has 1 fully saturated rings. The summed E-state index contributed by atoms with van der Waals surface area (Å²) < 4.78 is 5.06. The van der Waals surface area contributed by atoms with Crippen LogP contribution in [0.4, 0.5) is 0 Å². The molecule has 98 valence electrons. The van der Waals surface area contributed by atoms with Crippen molar-refractivity contribution in [3.8, 4) is 0 Å². The van der Waals surface area contributed by atoms with Gasteiger partial charge in [0.05, 0.1) is 17.9 Å². The second-order valence-corrected chi connectivity index (χ2v) is 4.27. The maximum Gasteiger partial charge on any atom is 0.126 e. The number of hydrogen-bond donors (Lipinski definition) is 0. The third-order valence-corrected chi connectivity index (χ3v) is 3.59. The molecule has 1 saturated carbocycles. The van der Waals surface area contributed by atoms with E-state index in [-0.39, 0.29) is 0 Å². The minimum Gasteiger partial charge on any atom is -0.380 e. The zero-order chi connectivity index (χ0) is 13.7. The van der Waals surface area contributed by atoms with Crippen LogP contribution in [0.2, 0.25) is 0 Å². The maximum atomic E-state index is 11.1. The number of hydrogen-bond acceptors (Lipinski definition) is 6. The summed E-state index contributed by atoms with van der Waals surface area (Å²) in [5.74, 6) is -4.62. The Bertz CT molecular complexity index is 324. The molecule has 0 spiro atoms. The van der Waals surface area contributed by atoms with Gasteiger partial charge in [0.1, 0.15) is 31.4 Å². The molecule has 0 aliphatic heterocycles. The summed E-state index contributed by atoms with van der Waals surface area (Å²) >= 11 is 0. The first kappa shape index (κ1) is 14.4. The van der Waals surface area contributed by atoms with E-state index in [1.165, 1.54) is 7.11 Å². The Labute approximate surface area is 104 Å². The van der Waals surface area contributed by atoms with Crippen LogP contribution in [0.25, 0.3) is 0 Å². The SMILES string of the molecule is COC1[C@H](C=O)[C@@H](C=O)C(C=O)[C@H](C=O)[C@H]1C=O. The number of aldehydes is 5. The minimum absolute atomic E-state index is 0.455. The molecule has 0 aromatic heterocycles. The number of ether oxygens (including phenoxy) is 1. The fourth-order valence-electron chi connectivity index (χ4n) is 2.66. The third kappa shape index (κ3) is 2.15. The highest BCUT2D eigenvalue weighted by Gasteiger charge is 2.50. The van der Waals surface area contributed by atoms with Crippen molar-refractivity contribution in [3.05, 3.63) is 0 Å². The maximum absolute atomic E-state index is 11.1. The van der Waals surface area contributed by atoms with Crippen LogP contribution in [0, 0.1) is 29.6 Å². The van der Waals surface area contributed by atoms with E-state index in [4.69, 9.17) is 4.74 Å². The van der Waals surface area contributed by atoms with Crippen LogP contribution in [0.15, 0.2) is 0 Å². The van der Waals surface area contributed by atoms with E-state index >= 15 is 0 Å². The van der Waals surface area contributed by atoms with Crippen LogP contribution in [-0.2, 0) is 28.7 Å². The van der Waals surface area contributed by atoms with Crippen molar-refractivity contribution in [2.45, 2.75) is 6.10 Å². The summed E-state index contributed by atoms with van der Waals surface area (Å²) in [4.78, 5) is 55.2. The molecule has 0 aromatic carbocycles. The van der Waals surface area contributed by atoms with Crippen LogP contribution < -0.4 is 0 Å². The van der Waals surface area contributed by atoms with Gasteiger partial charge in [-0.2, -0.15) is 0 Å². The number of methoxy groups -OCH3 is 1. The summed E-state index contributed by atoms with van der Waals surface area (Å²) in [5.41, 5.74) is 0. The molecule has 0 amide bonds. The van der Waals surface area contributed by atoms with Crippen molar-refractivity contribution in [3.63, 3.8) is 0 Å². The second kappa shape index (κ2) is 6.30. The lowest BCUT2D eigenvalue weighted by molar-refractivity contribution is -0.153. The Balaban J connectivity index is 3.26. The van der Waals surface area contributed by atoms with Gasteiger partial charge in [-0.3, -0.25) is 0 Å². The molecule has 0 bridgehead atoms. The number of carbonyl (C=O) groups is 5. The van der Waals surface area contributed by atoms with Gasteiger partial charge in [-0.15, -0.1) is 0 Å². The fourth-order valence-corrected chi connectivity index (χ4v) is 2.66. The van der Waals surface area contributed by atoms with Crippen LogP contribution >= 0.6 is 0 Å². The first-order valence-corrected chi connectivity index (χ1v) is 5.49. The molecule has 4 atom stereocenters. The van der Waals surface area contributed by atoms with Crippen molar-refractivity contribution < 1.29 is 28.7 Å². The van der Waals surface area contributed by atoms with E-state index in [9.17, 15) is 24.0 Å². The van der Waals surface area contributed by atoms with Crippen molar-refractivity contribution >= 4 is 31.4 Å². The van der Waals surface area contributed by atoms with E-state index in [2.05, 4.69) is 0 Å². The molecule has 1 aliphatic rings. The van der Waals surface area contributed by atoms with E-state index in [1.54, 1.807) is 0 Å².